The van der Waals surface area contributed by atoms with Crippen LogP contribution in [-0.4, -0.2) is 40.2 Å². The van der Waals surface area contributed by atoms with Crippen molar-refractivity contribution in [3.8, 4) is 5.75 Å². The molecular weight excluding hydrogens is 344 g/mol. The third-order valence-corrected chi connectivity index (χ3v) is 3.61. The lowest BCUT2D eigenvalue weighted by Crippen LogP contribution is -2.44. The molecule has 0 radical (unpaired) electrons. The molecule has 9 nitrogen and oxygen atoms in total. The molecule has 1 unspecified atom stereocenters. The molecule has 1 atom stereocenters. The number of nitrogens with zero attached hydrogens (tertiary/aromatic N) is 2. The molecule has 1 aliphatic rings. The van der Waals surface area contributed by atoms with E-state index < -0.39 is 28.8 Å². The second kappa shape index (κ2) is 8.03. The van der Waals surface area contributed by atoms with Gasteiger partial charge in [0.1, 0.15) is 24.0 Å². The summed E-state index contributed by atoms with van der Waals surface area (Å²) < 4.78 is 10.7. The Morgan fingerprint density at radius 3 is 2.73 bits per heavy atom. The van der Waals surface area contributed by atoms with Gasteiger partial charge in [-0.25, -0.2) is 9.59 Å². The molecular formula is C17H22N2O7. The molecule has 1 fully saturated rings. The lowest BCUT2D eigenvalue weighted by molar-refractivity contribution is -0.763. The van der Waals surface area contributed by atoms with E-state index in [2.05, 4.69) is 4.84 Å². The van der Waals surface area contributed by atoms with Gasteiger partial charge in [0.25, 0.3) is 5.09 Å². The van der Waals surface area contributed by atoms with Gasteiger partial charge in [0.15, 0.2) is 0 Å². The van der Waals surface area contributed by atoms with Crippen LogP contribution in [0.3, 0.4) is 0 Å². The maximum atomic E-state index is 12.5. The normalized spacial score (nSPS) is 16.9. The SMILES string of the molecule is CC(C)(C)OC(=O)N1CCCC1C(=O)Oc1cccc(CO[N+](=O)[O-])c1. The number of carbonyl (C=O) groups is 2. The van der Waals surface area contributed by atoms with E-state index in [1.807, 2.05) is 0 Å². The second-order valence-electron chi connectivity index (χ2n) is 6.90. The van der Waals surface area contributed by atoms with Crippen LogP contribution >= 0.6 is 0 Å². The minimum atomic E-state index is -0.893. The highest BCUT2D eigenvalue weighted by molar-refractivity contribution is 5.83. The fraction of sp³-hybridized carbons (Fsp3) is 0.529. The molecule has 1 aromatic carbocycles. The van der Waals surface area contributed by atoms with Gasteiger partial charge in [0.05, 0.1) is 0 Å². The predicted molar refractivity (Wildman–Crippen MR) is 89.8 cm³/mol. The molecule has 1 aliphatic heterocycles. The van der Waals surface area contributed by atoms with E-state index >= 15 is 0 Å². The first-order chi connectivity index (χ1) is 12.2. The van der Waals surface area contributed by atoms with Crippen molar-refractivity contribution in [1.29, 1.82) is 0 Å². The Kier molecular flexibility index (Phi) is 6.01. The molecule has 142 valence electrons. The molecule has 1 aromatic rings. The van der Waals surface area contributed by atoms with Gasteiger partial charge in [0, 0.05) is 6.54 Å². The van der Waals surface area contributed by atoms with Crippen molar-refractivity contribution in [1.82, 2.24) is 4.90 Å². The molecule has 0 spiro atoms. The number of rotatable bonds is 5. The van der Waals surface area contributed by atoms with Gasteiger partial charge in [-0.05, 0) is 51.3 Å². The first-order valence-electron chi connectivity index (χ1n) is 8.23. The average molecular weight is 366 g/mol. The van der Waals surface area contributed by atoms with E-state index in [0.29, 0.717) is 24.9 Å². The summed E-state index contributed by atoms with van der Waals surface area (Å²) in [5.74, 6) is -0.337. The minimum Gasteiger partial charge on any atom is -0.444 e. The van der Waals surface area contributed by atoms with E-state index in [9.17, 15) is 19.7 Å². The summed E-state index contributed by atoms with van der Waals surface area (Å²) in [5, 5.41) is 9.36. The number of likely N-dealkylation sites (tertiary alicyclic amines) is 1. The van der Waals surface area contributed by atoms with Crippen LogP contribution in [0.25, 0.3) is 0 Å². The van der Waals surface area contributed by atoms with Gasteiger partial charge >= 0.3 is 12.1 Å². The molecule has 9 heteroatoms. The Balaban J connectivity index is 2.01. The lowest BCUT2D eigenvalue weighted by atomic mass is 10.2. The minimum absolute atomic E-state index is 0.232. The topological polar surface area (TPSA) is 108 Å². The highest BCUT2D eigenvalue weighted by Crippen LogP contribution is 2.23. The Hall–Kier alpha value is -2.84. The third-order valence-electron chi connectivity index (χ3n) is 3.61. The van der Waals surface area contributed by atoms with Gasteiger partial charge in [-0.3, -0.25) is 4.90 Å². The Morgan fingerprint density at radius 2 is 2.08 bits per heavy atom. The molecule has 0 aliphatic carbocycles. The monoisotopic (exact) mass is 366 g/mol. The number of hydrogen-bond acceptors (Lipinski definition) is 7. The van der Waals surface area contributed by atoms with Crippen LogP contribution in [0.15, 0.2) is 24.3 Å². The van der Waals surface area contributed by atoms with Crippen molar-refractivity contribution in [3.05, 3.63) is 39.9 Å². The average Bonchev–Trinajstić information content (AvgIpc) is 3.01. The third kappa shape index (κ3) is 5.61. The summed E-state index contributed by atoms with van der Waals surface area (Å²) in [6, 6.07) is 5.53. The van der Waals surface area contributed by atoms with Gasteiger partial charge < -0.3 is 14.3 Å². The summed E-state index contributed by atoms with van der Waals surface area (Å²) in [4.78, 5) is 40.6. The Labute approximate surface area is 150 Å². The van der Waals surface area contributed by atoms with E-state index in [4.69, 9.17) is 9.47 Å². The number of hydrogen-bond donors (Lipinski definition) is 0. The fourth-order valence-corrected chi connectivity index (χ4v) is 2.56. The molecule has 0 bridgehead atoms. The quantitative estimate of drug-likeness (QED) is 0.341. The van der Waals surface area contributed by atoms with Crippen LogP contribution < -0.4 is 4.74 Å². The molecule has 0 aromatic heterocycles. The van der Waals surface area contributed by atoms with E-state index in [0.717, 1.165) is 0 Å². The number of benzene rings is 1. The van der Waals surface area contributed by atoms with Crippen LogP contribution in [-0.2, 0) is 21.0 Å². The number of ether oxygens (including phenoxy) is 2. The van der Waals surface area contributed by atoms with Crippen molar-refractivity contribution < 1.29 is 29.0 Å². The standard InChI is InChI=1S/C17H22N2O7/c1-17(2,3)26-16(21)18-9-5-8-14(18)15(20)25-13-7-4-6-12(10-13)11-24-19(22)23/h4,6-7,10,14H,5,8-9,11H2,1-3H3. The van der Waals surface area contributed by atoms with E-state index in [1.54, 1.807) is 39.0 Å². The van der Waals surface area contributed by atoms with E-state index in [1.165, 1.54) is 11.0 Å². The van der Waals surface area contributed by atoms with Crippen LogP contribution in [0.4, 0.5) is 4.79 Å². The maximum Gasteiger partial charge on any atom is 0.411 e. The molecule has 0 saturated carbocycles. The van der Waals surface area contributed by atoms with Gasteiger partial charge in [-0.2, -0.15) is 0 Å². The number of carbonyl (C=O) groups excluding carboxylic acids is 2. The Bertz CT molecular complexity index is 684. The molecule has 1 heterocycles. The largest absolute Gasteiger partial charge is 0.444 e. The predicted octanol–water partition coefficient (Wildman–Crippen LogP) is 2.70. The summed E-state index contributed by atoms with van der Waals surface area (Å²) in [6.07, 6.45) is 0.614. The smallest absolute Gasteiger partial charge is 0.411 e. The molecule has 26 heavy (non-hydrogen) atoms. The van der Waals surface area contributed by atoms with Crippen molar-refractivity contribution >= 4 is 12.1 Å². The highest BCUT2D eigenvalue weighted by atomic mass is 16.9. The lowest BCUT2D eigenvalue weighted by Gasteiger charge is -2.27. The van der Waals surface area contributed by atoms with Crippen molar-refractivity contribution in [2.24, 2.45) is 0 Å². The van der Waals surface area contributed by atoms with Crippen molar-refractivity contribution in [2.75, 3.05) is 6.54 Å². The number of amides is 1. The van der Waals surface area contributed by atoms with Crippen LogP contribution in [0.5, 0.6) is 5.75 Å². The zero-order valence-corrected chi connectivity index (χ0v) is 15.0. The maximum absolute atomic E-state index is 12.5. The van der Waals surface area contributed by atoms with Gasteiger partial charge in [-0.1, -0.05) is 12.1 Å². The van der Waals surface area contributed by atoms with Gasteiger partial charge in [0.2, 0.25) is 0 Å². The summed E-state index contributed by atoms with van der Waals surface area (Å²) in [5.41, 5.74) is -0.165. The van der Waals surface area contributed by atoms with Crippen molar-refractivity contribution in [2.45, 2.75) is 51.9 Å². The van der Waals surface area contributed by atoms with Crippen LogP contribution in [0, 0.1) is 10.1 Å². The van der Waals surface area contributed by atoms with Crippen LogP contribution in [0.1, 0.15) is 39.2 Å². The zero-order valence-electron chi connectivity index (χ0n) is 15.0. The highest BCUT2D eigenvalue weighted by Gasteiger charge is 2.37. The first kappa shape index (κ1) is 19.5. The molecule has 1 amide bonds. The number of esters is 1. The summed E-state index contributed by atoms with van der Waals surface area (Å²) in [7, 11) is 0. The molecule has 0 N–H and O–H groups in total. The van der Waals surface area contributed by atoms with E-state index in [-0.39, 0.29) is 12.4 Å². The van der Waals surface area contributed by atoms with Gasteiger partial charge in [-0.15, -0.1) is 10.1 Å². The summed E-state index contributed by atoms with van der Waals surface area (Å²) >= 11 is 0. The Morgan fingerprint density at radius 1 is 1.35 bits per heavy atom. The summed E-state index contributed by atoms with van der Waals surface area (Å²) in [6.45, 7) is 5.45. The zero-order chi connectivity index (χ0) is 19.3. The molecule has 2 rings (SSSR count). The first-order valence-corrected chi connectivity index (χ1v) is 8.23. The second-order valence-corrected chi connectivity index (χ2v) is 6.90. The van der Waals surface area contributed by atoms with Crippen LogP contribution in [0.2, 0.25) is 0 Å². The van der Waals surface area contributed by atoms with Crippen molar-refractivity contribution in [3.63, 3.8) is 0 Å². The molecule has 1 saturated heterocycles. The fourth-order valence-electron chi connectivity index (χ4n) is 2.56.